The summed E-state index contributed by atoms with van der Waals surface area (Å²) in [5, 5.41) is 5.63. The van der Waals surface area contributed by atoms with Gasteiger partial charge in [0.15, 0.2) is 15.5 Å². The number of nitrogens with one attached hydrogen (secondary N) is 1. The third kappa shape index (κ3) is 4.29. The van der Waals surface area contributed by atoms with Crippen LogP contribution in [0, 0.1) is 13.8 Å². The van der Waals surface area contributed by atoms with Gasteiger partial charge in [-0.25, -0.2) is 22.9 Å². The van der Waals surface area contributed by atoms with Crippen LogP contribution in [0.15, 0.2) is 24.8 Å². The molecule has 2 fully saturated rings. The van der Waals surface area contributed by atoms with Crippen molar-refractivity contribution < 1.29 is 8.42 Å². The van der Waals surface area contributed by atoms with Gasteiger partial charge in [-0.3, -0.25) is 4.90 Å². The van der Waals surface area contributed by atoms with Gasteiger partial charge in [0.05, 0.1) is 28.9 Å². The van der Waals surface area contributed by atoms with Gasteiger partial charge in [0.25, 0.3) is 0 Å². The lowest BCUT2D eigenvalue weighted by Gasteiger charge is -2.40. The van der Waals surface area contributed by atoms with Gasteiger partial charge in [0.2, 0.25) is 0 Å². The molecule has 0 aliphatic carbocycles. The van der Waals surface area contributed by atoms with Crippen molar-refractivity contribution in [1.29, 1.82) is 0 Å². The number of aryl methyl sites for hydroxylation is 2. The van der Waals surface area contributed by atoms with Crippen molar-refractivity contribution in [3.05, 3.63) is 41.5 Å². The van der Waals surface area contributed by atoms with Gasteiger partial charge < -0.3 is 9.88 Å². The topological polar surface area (TPSA) is 99.5 Å². The Hall–Kier alpha value is -2.98. The average Bonchev–Trinajstić information content (AvgIpc) is 3.50. The van der Waals surface area contributed by atoms with Crippen LogP contribution in [0.3, 0.4) is 0 Å². The highest BCUT2D eigenvalue weighted by Crippen LogP contribution is 2.40. The lowest BCUT2D eigenvalue weighted by Crippen LogP contribution is -2.50. The normalized spacial score (nSPS) is 19.4. The van der Waals surface area contributed by atoms with E-state index in [4.69, 9.17) is 4.98 Å². The highest BCUT2D eigenvalue weighted by atomic mass is 32.2. The minimum Gasteiger partial charge on any atom is -0.356 e. The maximum Gasteiger partial charge on any atom is 0.158 e. The molecule has 4 aromatic rings. The molecule has 6 rings (SSSR count). The first-order valence-electron chi connectivity index (χ1n) is 13.2. The molecule has 9 nitrogen and oxygen atoms in total. The van der Waals surface area contributed by atoms with Crippen LogP contribution < -0.4 is 4.90 Å². The fourth-order valence-electron chi connectivity index (χ4n) is 6.26. The number of H-pyrrole nitrogens is 1. The molecule has 0 atom stereocenters. The summed E-state index contributed by atoms with van der Waals surface area (Å²) in [6.45, 7) is 12.0. The summed E-state index contributed by atoms with van der Waals surface area (Å²) in [4.78, 5) is 17.8. The number of hydrogen-bond donors (Lipinski definition) is 1. The molecule has 2 saturated heterocycles. The second kappa shape index (κ2) is 9.09. The van der Waals surface area contributed by atoms with E-state index in [2.05, 4.69) is 58.6 Å². The van der Waals surface area contributed by atoms with E-state index in [9.17, 15) is 8.42 Å². The van der Waals surface area contributed by atoms with E-state index < -0.39 is 9.84 Å². The number of pyridine rings is 2. The summed E-state index contributed by atoms with van der Waals surface area (Å²) < 4.78 is 25.5. The van der Waals surface area contributed by atoms with Crippen LogP contribution in [0.5, 0.6) is 0 Å². The molecule has 37 heavy (non-hydrogen) atoms. The zero-order chi connectivity index (χ0) is 25.9. The number of rotatable bonds is 4. The fraction of sp³-hybridized carbons (Fsp3) is 0.519. The Morgan fingerprint density at radius 2 is 1.78 bits per heavy atom. The second-order valence-corrected chi connectivity index (χ2v) is 13.2. The van der Waals surface area contributed by atoms with Crippen LogP contribution >= 0.6 is 0 Å². The van der Waals surface area contributed by atoms with Crippen molar-refractivity contribution in [1.82, 2.24) is 29.5 Å². The van der Waals surface area contributed by atoms with Gasteiger partial charge in [-0.05, 0) is 49.8 Å². The summed E-state index contributed by atoms with van der Waals surface area (Å²) in [6.07, 6.45) is 7.69. The number of aromatic amines is 1. The second-order valence-electron chi connectivity index (χ2n) is 10.9. The predicted molar refractivity (Wildman–Crippen MR) is 147 cm³/mol. The number of sulfone groups is 1. The number of fused-ring (bicyclic) bond motifs is 2. The fourth-order valence-corrected chi connectivity index (χ4v) is 7.49. The molecule has 196 valence electrons. The summed E-state index contributed by atoms with van der Waals surface area (Å²) in [6, 6.07) is 2.64. The Morgan fingerprint density at radius 1 is 1.05 bits per heavy atom. The molecule has 0 amide bonds. The molecule has 4 aromatic heterocycles. The minimum absolute atomic E-state index is 0.293. The zero-order valence-corrected chi connectivity index (χ0v) is 22.8. The Morgan fingerprint density at radius 3 is 2.49 bits per heavy atom. The zero-order valence-electron chi connectivity index (χ0n) is 22.0. The van der Waals surface area contributed by atoms with E-state index in [0.717, 1.165) is 59.7 Å². The molecular formula is C27H35N7O2S. The van der Waals surface area contributed by atoms with Crippen molar-refractivity contribution >= 4 is 32.2 Å². The number of anilines is 1. The monoisotopic (exact) mass is 521 g/mol. The van der Waals surface area contributed by atoms with Crippen LogP contribution in [0.4, 0.5) is 5.82 Å². The molecule has 10 heteroatoms. The number of nitrogens with zero attached hydrogens (tertiary/aromatic N) is 6. The molecule has 0 saturated carbocycles. The Labute approximate surface area is 217 Å². The summed E-state index contributed by atoms with van der Waals surface area (Å²) in [7, 11) is -2.85. The third-order valence-electron chi connectivity index (χ3n) is 8.18. The average molecular weight is 522 g/mol. The van der Waals surface area contributed by atoms with Crippen LogP contribution in [0.1, 0.15) is 49.3 Å². The largest absolute Gasteiger partial charge is 0.356 e. The summed E-state index contributed by atoms with van der Waals surface area (Å²) >= 11 is 0. The quantitative estimate of drug-likeness (QED) is 0.437. The Bertz CT molecular complexity index is 1570. The van der Waals surface area contributed by atoms with Gasteiger partial charge in [-0.15, -0.1) is 0 Å². The number of hydrogen-bond acceptors (Lipinski definition) is 7. The SMILES string of the molecule is Cc1c(N2CCC(N3CCS(=O)(=O)CC3)CC2)ncc2[nH]c(-c3cc(C)c4ncnn4c3)c(C(C)C)c12. The highest BCUT2D eigenvalue weighted by molar-refractivity contribution is 7.91. The first-order chi connectivity index (χ1) is 17.7. The van der Waals surface area contributed by atoms with Crippen LogP contribution in [0.25, 0.3) is 27.8 Å². The first kappa shape index (κ1) is 24.4. The van der Waals surface area contributed by atoms with Crippen LogP contribution in [-0.2, 0) is 9.84 Å². The number of aromatic nitrogens is 5. The first-order valence-corrected chi connectivity index (χ1v) is 15.0. The highest BCUT2D eigenvalue weighted by Gasteiger charge is 2.31. The molecule has 0 unspecified atom stereocenters. The Balaban J connectivity index is 1.31. The molecule has 0 aromatic carbocycles. The summed E-state index contributed by atoms with van der Waals surface area (Å²) in [5.41, 5.74) is 7.76. The van der Waals surface area contributed by atoms with Crippen molar-refractivity contribution in [2.24, 2.45) is 0 Å². The predicted octanol–water partition coefficient (Wildman–Crippen LogP) is 3.71. The van der Waals surface area contributed by atoms with E-state index in [-0.39, 0.29) is 0 Å². The standard InChI is InChI=1S/C27H35N7O2S/c1-17(2)23-24-19(4)27(33-7-5-21(6-8-33)32-9-11-37(35,36)12-10-32)28-14-22(24)31-25(23)20-13-18(3)26-29-16-30-34(26)15-20/h13-17,21,31H,5-12H2,1-4H3. The minimum atomic E-state index is -2.85. The molecule has 6 heterocycles. The van der Waals surface area contributed by atoms with Crippen molar-refractivity contribution in [3.8, 4) is 11.3 Å². The summed E-state index contributed by atoms with van der Waals surface area (Å²) in [5.74, 6) is 1.97. The van der Waals surface area contributed by atoms with Crippen molar-refractivity contribution in [2.45, 2.75) is 52.5 Å². The molecular weight excluding hydrogens is 486 g/mol. The van der Waals surface area contributed by atoms with E-state index in [0.29, 0.717) is 36.6 Å². The lowest BCUT2D eigenvalue weighted by molar-refractivity contribution is 0.182. The van der Waals surface area contributed by atoms with Gasteiger partial charge in [-0.1, -0.05) is 13.8 Å². The maximum absolute atomic E-state index is 11.8. The molecule has 2 aliphatic rings. The third-order valence-corrected chi connectivity index (χ3v) is 9.79. The smallest absolute Gasteiger partial charge is 0.158 e. The van der Waals surface area contributed by atoms with E-state index in [1.807, 2.05) is 16.9 Å². The molecule has 0 radical (unpaired) electrons. The van der Waals surface area contributed by atoms with Gasteiger partial charge in [0, 0.05) is 54.9 Å². The van der Waals surface area contributed by atoms with Gasteiger partial charge in [-0.2, -0.15) is 5.10 Å². The van der Waals surface area contributed by atoms with Crippen LogP contribution in [-0.4, -0.2) is 81.6 Å². The van der Waals surface area contributed by atoms with Gasteiger partial charge >= 0.3 is 0 Å². The van der Waals surface area contributed by atoms with E-state index in [1.54, 1.807) is 6.33 Å². The number of piperidine rings is 1. The lowest BCUT2D eigenvalue weighted by atomic mass is 9.94. The van der Waals surface area contributed by atoms with Crippen molar-refractivity contribution in [3.63, 3.8) is 0 Å². The molecule has 1 N–H and O–H groups in total. The Kier molecular flexibility index (Phi) is 5.99. The molecule has 0 spiro atoms. The van der Waals surface area contributed by atoms with Crippen molar-refractivity contribution in [2.75, 3.05) is 42.6 Å². The van der Waals surface area contributed by atoms with Crippen LogP contribution in [0.2, 0.25) is 0 Å². The van der Waals surface area contributed by atoms with E-state index >= 15 is 0 Å². The van der Waals surface area contributed by atoms with E-state index in [1.165, 1.54) is 16.5 Å². The molecule has 0 bridgehead atoms. The maximum atomic E-state index is 11.8. The van der Waals surface area contributed by atoms with Gasteiger partial charge in [0.1, 0.15) is 12.1 Å². The molecule has 2 aliphatic heterocycles.